The molecule has 0 aliphatic heterocycles. The lowest BCUT2D eigenvalue weighted by Crippen LogP contribution is -1.94. The van der Waals surface area contributed by atoms with Crippen LogP contribution in [0.25, 0.3) is 5.57 Å². The summed E-state index contributed by atoms with van der Waals surface area (Å²) in [4.78, 5) is 11.0. The van der Waals surface area contributed by atoms with Gasteiger partial charge in [0.15, 0.2) is 6.29 Å². The summed E-state index contributed by atoms with van der Waals surface area (Å²) in [5.41, 5.74) is 4.65. The maximum absolute atomic E-state index is 11.0. The van der Waals surface area contributed by atoms with Crippen molar-refractivity contribution in [2.45, 2.75) is 6.92 Å². The fourth-order valence-electron chi connectivity index (χ4n) is 1.83. The van der Waals surface area contributed by atoms with Gasteiger partial charge in [0, 0.05) is 5.56 Å². The number of rotatable bonds is 3. The summed E-state index contributed by atoms with van der Waals surface area (Å²) in [7, 11) is 0. The van der Waals surface area contributed by atoms with E-state index in [2.05, 4.69) is 6.58 Å². The minimum atomic E-state index is 0.685. The van der Waals surface area contributed by atoms with E-state index in [1.807, 2.05) is 55.5 Å². The zero-order valence-electron chi connectivity index (χ0n) is 9.81. The Kier molecular flexibility index (Phi) is 3.20. The number of aldehydes is 1. The number of hydrogen-bond acceptors (Lipinski definition) is 1. The molecule has 0 heterocycles. The summed E-state index contributed by atoms with van der Waals surface area (Å²) in [6.07, 6.45) is 0.878. The third-order valence-corrected chi connectivity index (χ3v) is 2.78. The van der Waals surface area contributed by atoms with E-state index in [0.29, 0.717) is 5.56 Å². The van der Waals surface area contributed by atoms with Crippen molar-refractivity contribution in [3.63, 3.8) is 0 Å². The van der Waals surface area contributed by atoms with Gasteiger partial charge >= 0.3 is 0 Å². The fourth-order valence-corrected chi connectivity index (χ4v) is 1.83. The highest BCUT2D eigenvalue weighted by atomic mass is 16.1. The van der Waals surface area contributed by atoms with Gasteiger partial charge in [0.25, 0.3) is 0 Å². The Morgan fingerprint density at radius 2 is 1.82 bits per heavy atom. The van der Waals surface area contributed by atoms with E-state index >= 15 is 0 Å². The van der Waals surface area contributed by atoms with Crippen LogP contribution >= 0.6 is 0 Å². The van der Waals surface area contributed by atoms with Gasteiger partial charge < -0.3 is 0 Å². The summed E-state index contributed by atoms with van der Waals surface area (Å²) < 4.78 is 0. The third-order valence-electron chi connectivity index (χ3n) is 2.78. The van der Waals surface area contributed by atoms with E-state index in [9.17, 15) is 4.79 Å². The maximum Gasteiger partial charge on any atom is 0.150 e. The van der Waals surface area contributed by atoms with Crippen LogP contribution in [0.4, 0.5) is 0 Å². The standard InChI is InChI=1S/C16H14O/c1-12-8-9-15(11-17)16(10-12)13(2)14-6-4-3-5-7-14/h3-11H,2H2,1H3. The minimum absolute atomic E-state index is 0.685. The van der Waals surface area contributed by atoms with Gasteiger partial charge in [0.05, 0.1) is 0 Å². The summed E-state index contributed by atoms with van der Waals surface area (Å²) >= 11 is 0. The Balaban J connectivity index is 2.50. The fraction of sp³-hybridized carbons (Fsp3) is 0.0625. The Morgan fingerprint density at radius 3 is 2.47 bits per heavy atom. The Hall–Kier alpha value is -2.15. The maximum atomic E-state index is 11.0. The topological polar surface area (TPSA) is 17.1 Å². The Morgan fingerprint density at radius 1 is 1.12 bits per heavy atom. The van der Waals surface area contributed by atoms with Gasteiger partial charge in [0.2, 0.25) is 0 Å². The van der Waals surface area contributed by atoms with Crippen molar-refractivity contribution in [3.8, 4) is 0 Å². The molecular formula is C16H14O. The first kappa shape index (κ1) is 11.3. The summed E-state index contributed by atoms with van der Waals surface area (Å²) in [5.74, 6) is 0. The quantitative estimate of drug-likeness (QED) is 0.720. The van der Waals surface area contributed by atoms with Crippen LogP contribution in [0.15, 0.2) is 55.1 Å². The number of carbonyl (C=O) groups excluding carboxylic acids is 1. The zero-order chi connectivity index (χ0) is 12.3. The molecule has 0 fully saturated rings. The van der Waals surface area contributed by atoms with Crippen LogP contribution in [0.3, 0.4) is 0 Å². The minimum Gasteiger partial charge on any atom is -0.298 e. The van der Waals surface area contributed by atoms with Crippen molar-refractivity contribution < 1.29 is 4.79 Å². The summed E-state index contributed by atoms with van der Waals surface area (Å²) in [5, 5.41) is 0. The summed E-state index contributed by atoms with van der Waals surface area (Å²) in [6.45, 7) is 6.10. The van der Waals surface area contributed by atoms with Crippen molar-refractivity contribution >= 4 is 11.9 Å². The van der Waals surface area contributed by atoms with Crippen LogP contribution in [-0.4, -0.2) is 6.29 Å². The average molecular weight is 222 g/mol. The zero-order valence-corrected chi connectivity index (χ0v) is 9.81. The predicted octanol–water partition coefficient (Wildman–Crippen LogP) is 3.87. The number of benzene rings is 2. The monoisotopic (exact) mass is 222 g/mol. The Labute approximate surface area is 101 Å². The third kappa shape index (κ3) is 2.34. The van der Waals surface area contributed by atoms with Crippen LogP contribution in [0.2, 0.25) is 0 Å². The van der Waals surface area contributed by atoms with Gasteiger partial charge in [-0.05, 0) is 23.6 Å². The molecule has 0 radical (unpaired) electrons. The first-order valence-corrected chi connectivity index (χ1v) is 5.53. The highest BCUT2D eigenvalue weighted by Gasteiger charge is 2.07. The second-order valence-corrected chi connectivity index (χ2v) is 4.05. The van der Waals surface area contributed by atoms with Crippen LogP contribution in [-0.2, 0) is 0 Å². The van der Waals surface area contributed by atoms with Crippen molar-refractivity contribution in [1.29, 1.82) is 0 Å². The SMILES string of the molecule is C=C(c1ccccc1)c1cc(C)ccc1C=O. The molecule has 0 N–H and O–H groups in total. The molecule has 0 amide bonds. The second kappa shape index (κ2) is 4.79. The molecule has 2 aromatic carbocycles. The number of aryl methyl sites for hydroxylation is 1. The van der Waals surface area contributed by atoms with E-state index in [1.54, 1.807) is 0 Å². The first-order chi connectivity index (χ1) is 8.22. The molecule has 0 unspecified atom stereocenters. The lowest BCUT2D eigenvalue weighted by Gasteiger charge is -2.09. The molecule has 0 aromatic heterocycles. The highest BCUT2D eigenvalue weighted by molar-refractivity contribution is 5.90. The predicted molar refractivity (Wildman–Crippen MR) is 71.1 cm³/mol. The molecule has 0 saturated carbocycles. The molecule has 2 rings (SSSR count). The molecule has 0 saturated heterocycles. The molecule has 0 spiro atoms. The van der Waals surface area contributed by atoms with Gasteiger partial charge in [-0.15, -0.1) is 0 Å². The van der Waals surface area contributed by atoms with Crippen molar-refractivity contribution in [2.75, 3.05) is 0 Å². The van der Waals surface area contributed by atoms with Crippen molar-refractivity contribution in [3.05, 3.63) is 77.4 Å². The molecule has 0 aliphatic rings. The van der Waals surface area contributed by atoms with Gasteiger partial charge in [0.1, 0.15) is 0 Å². The highest BCUT2D eigenvalue weighted by Crippen LogP contribution is 2.24. The molecule has 2 aromatic rings. The lowest BCUT2D eigenvalue weighted by molar-refractivity contribution is 0.112. The molecule has 84 valence electrons. The van der Waals surface area contributed by atoms with Crippen LogP contribution in [0.1, 0.15) is 27.0 Å². The van der Waals surface area contributed by atoms with Crippen LogP contribution in [0.5, 0.6) is 0 Å². The second-order valence-electron chi connectivity index (χ2n) is 4.05. The number of carbonyl (C=O) groups is 1. The smallest absolute Gasteiger partial charge is 0.150 e. The normalized spacial score (nSPS) is 9.94. The average Bonchev–Trinajstić information content (AvgIpc) is 2.39. The molecule has 0 atom stereocenters. The largest absolute Gasteiger partial charge is 0.298 e. The van der Waals surface area contributed by atoms with E-state index in [4.69, 9.17) is 0 Å². The van der Waals surface area contributed by atoms with E-state index < -0.39 is 0 Å². The van der Waals surface area contributed by atoms with E-state index in [0.717, 1.165) is 28.5 Å². The molecular weight excluding hydrogens is 208 g/mol. The van der Waals surface area contributed by atoms with Crippen molar-refractivity contribution in [2.24, 2.45) is 0 Å². The molecule has 1 heteroatoms. The number of hydrogen-bond donors (Lipinski definition) is 0. The first-order valence-electron chi connectivity index (χ1n) is 5.53. The summed E-state index contributed by atoms with van der Waals surface area (Å²) in [6, 6.07) is 15.7. The molecule has 17 heavy (non-hydrogen) atoms. The van der Waals surface area contributed by atoms with E-state index in [-0.39, 0.29) is 0 Å². The van der Waals surface area contributed by atoms with Gasteiger partial charge in [-0.25, -0.2) is 0 Å². The lowest BCUT2D eigenvalue weighted by atomic mass is 9.94. The molecule has 0 aliphatic carbocycles. The van der Waals surface area contributed by atoms with Crippen LogP contribution in [0, 0.1) is 6.92 Å². The van der Waals surface area contributed by atoms with Crippen LogP contribution < -0.4 is 0 Å². The molecule has 1 nitrogen and oxygen atoms in total. The van der Waals surface area contributed by atoms with Gasteiger partial charge in [-0.3, -0.25) is 4.79 Å². The van der Waals surface area contributed by atoms with Gasteiger partial charge in [-0.1, -0.05) is 60.7 Å². The van der Waals surface area contributed by atoms with Crippen molar-refractivity contribution in [1.82, 2.24) is 0 Å². The van der Waals surface area contributed by atoms with E-state index in [1.165, 1.54) is 0 Å². The van der Waals surface area contributed by atoms with Gasteiger partial charge in [-0.2, -0.15) is 0 Å². The molecule has 0 bridgehead atoms. The Bertz CT molecular complexity index is 553.